The van der Waals surface area contributed by atoms with Crippen molar-refractivity contribution >= 4 is 5.78 Å². The second kappa shape index (κ2) is 20.7. The Balaban J connectivity index is -0.000000664. The summed E-state index contributed by atoms with van der Waals surface area (Å²) in [6.07, 6.45) is 10.6. The first-order chi connectivity index (χ1) is 12.0. The summed E-state index contributed by atoms with van der Waals surface area (Å²) in [5.41, 5.74) is 1.19. The maximum atomic E-state index is 11.3. The number of ketones is 1. The quantitative estimate of drug-likeness (QED) is 0.434. The van der Waals surface area contributed by atoms with Gasteiger partial charge in [0.15, 0.2) is 5.78 Å². The summed E-state index contributed by atoms with van der Waals surface area (Å²) in [6, 6.07) is 7.86. The topological polar surface area (TPSA) is 57.8 Å². The average Bonchev–Trinajstić information content (AvgIpc) is 2.57. The fourth-order valence-electron chi connectivity index (χ4n) is 1.53. The minimum absolute atomic E-state index is 0. The molecule has 0 fully saturated rings. The first-order valence-corrected chi connectivity index (χ1v) is 8.72. The number of carbonyl (C=O) groups excluding carboxylic acids is 1. The average molecular weight is 361 g/mol. The number of hydrogen-bond acceptors (Lipinski definition) is 2. The van der Waals surface area contributed by atoms with Gasteiger partial charge < -0.3 is 10.2 Å². The summed E-state index contributed by atoms with van der Waals surface area (Å²) < 4.78 is 5.76. The molecule has 1 aromatic rings. The lowest BCUT2D eigenvalue weighted by atomic mass is 10.2. The predicted molar refractivity (Wildman–Crippen MR) is 115 cm³/mol. The first-order valence-electron chi connectivity index (χ1n) is 8.72. The normalized spacial score (nSPS) is 10.0. The van der Waals surface area contributed by atoms with Crippen molar-refractivity contribution in [3.8, 4) is 5.75 Å². The summed E-state index contributed by atoms with van der Waals surface area (Å²) in [5, 5.41) is 0. The van der Waals surface area contributed by atoms with Crippen molar-refractivity contribution in [2.75, 3.05) is 0 Å². The fourth-order valence-corrected chi connectivity index (χ4v) is 1.53. The van der Waals surface area contributed by atoms with E-state index in [1.54, 1.807) is 24.3 Å². The molecule has 0 aromatic heterocycles. The number of ether oxygens (including phenoxy) is 1. The monoisotopic (exact) mass is 360 g/mol. The second-order valence-corrected chi connectivity index (χ2v) is 5.42. The number of carbonyl (C=O) groups is 1. The lowest BCUT2D eigenvalue weighted by molar-refractivity contribution is -0.113. The van der Waals surface area contributed by atoms with E-state index < -0.39 is 0 Å². The largest absolute Gasteiger partial charge is 0.486 e. The van der Waals surface area contributed by atoms with E-state index >= 15 is 0 Å². The molecule has 0 amide bonds. The Morgan fingerprint density at radius 2 is 1.65 bits per heavy atom. The van der Waals surface area contributed by atoms with Gasteiger partial charge in [-0.3, -0.25) is 4.79 Å². The molecule has 146 valence electrons. The highest BCUT2D eigenvalue weighted by Crippen LogP contribution is 2.15. The van der Waals surface area contributed by atoms with Crippen LogP contribution in [0.3, 0.4) is 0 Å². The van der Waals surface area contributed by atoms with E-state index in [9.17, 15) is 4.79 Å². The minimum atomic E-state index is -0.129. The van der Waals surface area contributed by atoms with Crippen LogP contribution in [0.25, 0.3) is 0 Å². The van der Waals surface area contributed by atoms with Crippen LogP contribution in [0.15, 0.2) is 74.4 Å². The van der Waals surface area contributed by atoms with Gasteiger partial charge in [0, 0.05) is 12.8 Å². The van der Waals surface area contributed by atoms with Crippen LogP contribution in [0.1, 0.15) is 45.6 Å². The third-order valence-electron chi connectivity index (χ3n) is 2.59. The zero-order valence-corrected chi connectivity index (χ0v) is 16.8. The molecule has 1 rings (SSSR count). The number of allylic oxidation sites excluding steroid dienone is 3. The summed E-state index contributed by atoms with van der Waals surface area (Å²) in [6.45, 7) is 18.8. The Kier molecular flexibility index (Phi) is 22.6. The zero-order chi connectivity index (χ0) is 19.5. The van der Waals surface area contributed by atoms with Gasteiger partial charge >= 0.3 is 0 Å². The van der Waals surface area contributed by atoms with Crippen molar-refractivity contribution in [3.05, 3.63) is 79.9 Å². The molecule has 0 spiro atoms. The van der Waals surface area contributed by atoms with Crippen molar-refractivity contribution in [1.29, 1.82) is 0 Å². The summed E-state index contributed by atoms with van der Waals surface area (Å²) >= 11 is 0. The highest BCUT2D eigenvalue weighted by Gasteiger charge is 2.04. The molecule has 0 saturated carbocycles. The van der Waals surface area contributed by atoms with Crippen LogP contribution in [0, 0.1) is 6.92 Å². The highest BCUT2D eigenvalue weighted by atomic mass is 16.5. The highest BCUT2D eigenvalue weighted by molar-refractivity contribution is 5.90. The Morgan fingerprint density at radius 3 is 2.08 bits per heavy atom. The van der Waals surface area contributed by atoms with Gasteiger partial charge in [-0.15, -0.1) is 13.2 Å². The van der Waals surface area contributed by atoms with Gasteiger partial charge in [-0.25, -0.2) is 0 Å². The van der Waals surface area contributed by atoms with Crippen molar-refractivity contribution < 1.29 is 15.0 Å². The third kappa shape index (κ3) is 18.0. The molecular weight excluding hydrogens is 324 g/mol. The SMILES string of the molecule is C=CC.C=CCC(=O)/C=C/CC(C=C)Oc1ccc(C)cc1.CCC.O. The molecule has 0 bridgehead atoms. The Labute approximate surface area is 160 Å². The van der Waals surface area contributed by atoms with Gasteiger partial charge in [0.2, 0.25) is 0 Å². The van der Waals surface area contributed by atoms with Crippen LogP contribution in [0.5, 0.6) is 5.75 Å². The van der Waals surface area contributed by atoms with E-state index in [4.69, 9.17) is 4.74 Å². The maximum Gasteiger partial charge on any atom is 0.159 e. The molecule has 3 nitrogen and oxygen atoms in total. The Bertz CT molecular complexity index is 513. The number of benzene rings is 1. The second-order valence-electron chi connectivity index (χ2n) is 5.42. The lowest BCUT2D eigenvalue weighted by Gasteiger charge is -2.13. The number of rotatable bonds is 8. The van der Waals surface area contributed by atoms with Crippen LogP contribution in [0.2, 0.25) is 0 Å². The molecule has 2 N–H and O–H groups in total. The number of aryl methyl sites for hydroxylation is 1. The summed E-state index contributed by atoms with van der Waals surface area (Å²) in [7, 11) is 0. The lowest BCUT2D eigenvalue weighted by Crippen LogP contribution is -2.12. The Morgan fingerprint density at radius 1 is 1.15 bits per heavy atom. The third-order valence-corrected chi connectivity index (χ3v) is 2.59. The molecule has 1 aromatic carbocycles. The van der Waals surface area contributed by atoms with Crippen molar-refractivity contribution in [2.24, 2.45) is 0 Å². The standard InChI is InChI=1S/C17H20O2.C3H8.C3H6.H2O/c1-4-7-15(18)8-6-9-16(5-2)19-17-12-10-14(3)11-13-17;2*1-3-2;/h4-6,8,10-13,16H,1-2,7,9H2,3H3;3H2,1-2H3;3H,1H2,2H3;1H2/b8-6+;;;. The van der Waals surface area contributed by atoms with Gasteiger partial charge in [0.05, 0.1) is 0 Å². The van der Waals surface area contributed by atoms with E-state index in [0.29, 0.717) is 12.8 Å². The van der Waals surface area contributed by atoms with Gasteiger partial charge in [-0.1, -0.05) is 68.8 Å². The minimum Gasteiger partial charge on any atom is -0.486 e. The molecule has 0 radical (unpaired) electrons. The van der Waals surface area contributed by atoms with Gasteiger partial charge in [0.1, 0.15) is 11.9 Å². The first kappa shape index (κ1) is 28.4. The van der Waals surface area contributed by atoms with Crippen LogP contribution in [-0.2, 0) is 4.79 Å². The summed E-state index contributed by atoms with van der Waals surface area (Å²) in [5.74, 6) is 0.856. The fraction of sp³-hybridized carbons (Fsp3) is 0.348. The van der Waals surface area contributed by atoms with Gasteiger partial charge in [0.25, 0.3) is 0 Å². The van der Waals surface area contributed by atoms with E-state index in [1.807, 2.05) is 44.2 Å². The molecule has 0 heterocycles. The molecule has 0 aliphatic heterocycles. The van der Waals surface area contributed by atoms with Crippen LogP contribution in [0.4, 0.5) is 0 Å². The molecule has 26 heavy (non-hydrogen) atoms. The van der Waals surface area contributed by atoms with E-state index in [0.717, 1.165) is 5.75 Å². The van der Waals surface area contributed by atoms with E-state index in [-0.39, 0.29) is 17.4 Å². The van der Waals surface area contributed by atoms with Crippen LogP contribution >= 0.6 is 0 Å². The Hall–Kier alpha value is -2.39. The molecule has 1 unspecified atom stereocenters. The molecular formula is C23H36O3. The van der Waals surface area contributed by atoms with Gasteiger partial charge in [-0.2, -0.15) is 0 Å². The van der Waals surface area contributed by atoms with E-state index in [2.05, 4.69) is 33.6 Å². The zero-order valence-electron chi connectivity index (χ0n) is 16.8. The van der Waals surface area contributed by atoms with Crippen molar-refractivity contribution in [1.82, 2.24) is 0 Å². The van der Waals surface area contributed by atoms with E-state index in [1.165, 1.54) is 12.0 Å². The molecule has 0 aliphatic rings. The van der Waals surface area contributed by atoms with Crippen molar-refractivity contribution in [3.63, 3.8) is 0 Å². The molecule has 3 heteroatoms. The smallest absolute Gasteiger partial charge is 0.159 e. The van der Waals surface area contributed by atoms with Gasteiger partial charge in [-0.05, 0) is 32.1 Å². The maximum absolute atomic E-state index is 11.3. The van der Waals surface area contributed by atoms with Crippen molar-refractivity contribution in [2.45, 2.75) is 53.1 Å². The predicted octanol–water partition coefficient (Wildman–Crippen LogP) is 5.80. The molecule has 1 atom stereocenters. The van der Waals surface area contributed by atoms with Crippen LogP contribution < -0.4 is 4.74 Å². The summed E-state index contributed by atoms with van der Waals surface area (Å²) in [4.78, 5) is 11.3. The number of hydrogen-bond donors (Lipinski definition) is 0. The molecule has 0 aliphatic carbocycles. The van der Waals surface area contributed by atoms with Crippen LogP contribution in [-0.4, -0.2) is 17.4 Å². The molecule has 0 saturated heterocycles.